The maximum absolute atomic E-state index is 5.80. The van der Waals surface area contributed by atoms with Gasteiger partial charge in [-0.1, -0.05) is 30.0 Å². The van der Waals surface area contributed by atoms with Crippen molar-refractivity contribution in [1.82, 2.24) is 19.7 Å². The van der Waals surface area contributed by atoms with E-state index in [-0.39, 0.29) is 0 Å². The molecule has 0 saturated heterocycles. The fourth-order valence-electron chi connectivity index (χ4n) is 2.46. The third-order valence-electron chi connectivity index (χ3n) is 3.83. The predicted molar refractivity (Wildman–Crippen MR) is 94.9 cm³/mol. The molecule has 0 aliphatic rings. The summed E-state index contributed by atoms with van der Waals surface area (Å²) in [5.74, 6) is 3.52. The largest absolute Gasteiger partial charge is 0.461 e. The van der Waals surface area contributed by atoms with Gasteiger partial charge in [0, 0.05) is 18.4 Å². The zero-order valence-corrected chi connectivity index (χ0v) is 14.7. The lowest BCUT2D eigenvalue weighted by molar-refractivity contribution is 0.540. The Morgan fingerprint density at radius 1 is 1.08 bits per heavy atom. The molecular weight excluding hydrogens is 336 g/mol. The lowest BCUT2D eigenvalue weighted by Gasteiger charge is -2.01. The van der Waals surface area contributed by atoms with Crippen LogP contribution in [0, 0.1) is 6.92 Å². The summed E-state index contributed by atoms with van der Waals surface area (Å²) < 4.78 is 13.1. The zero-order valence-electron chi connectivity index (χ0n) is 13.8. The molecule has 4 rings (SSSR count). The lowest BCUT2D eigenvalue weighted by atomic mass is 10.2. The highest BCUT2D eigenvalue weighted by Crippen LogP contribution is 2.28. The van der Waals surface area contributed by atoms with Gasteiger partial charge in [0.1, 0.15) is 5.76 Å². The Hall–Kier alpha value is -2.80. The number of rotatable bonds is 5. The van der Waals surface area contributed by atoms with E-state index in [0.29, 0.717) is 23.2 Å². The molecule has 0 fully saturated rings. The fraction of sp³-hybridized carbons (Fsp3) is 0.167. The maximum atomic E-state index is 5.80. The number of hydrogen-bond donors (Lipinski definition) is 0. The molecule has 0 bridgehead atoms. The second kappa shape index (κ2) is 6.60. The molecule has 0 spiro atoms. The molecule has 7 heteroatoms. The van der Waals surface area contributed by atoms with Crippen LogP contribution in [0.3, 0.4) is 0 Å². The molecule has 126 valence electrons. The summed E-state index contributed by atoms with van der Waals surface area (Å²) in [6.07, 6.45) is 1.63. The van der Waals surface area contributed by atoms with Crippen molar-refractivity contribution in [2.24, 2.45) is 7.05 Å². The first-order valence-corrected chi connectivity index (χ1v) is 8.78. The molecule has 25 heavy (non-hydrogen) atoms. The molecule has 0 amide bonds. The Morgan fingerprint density at radius 2 is 1.92 bits per heavy atom. The van der Waals surface area contributed by atoms with E-state index in [0.717, 1.165) is 22.2 Å². The SMILES string of the molecule is Cc1oc(-c2ccccc2)nc1CSc1nnc(-c2ccco2)n1C. The van der Waals surface area contributed by atoms with Crippen LogP contribution >= 0.6 is 11.8 Å². The van der Waals surface area contributed by atoms with Crippen molar-refractivity contribution in [2.75, 3.05) is 0 Å². The first-order valence-electron chi connectivity index (χ1n) is 7.80. The van der Waals surface area contributed by atoms with Gasteiger partial charge in [-0.2, -0.15) is 0 Å². The van der Waals surface area contributed by atoms with Gasteiger partial charge in [0.05, 0.1) is 12.0 Å². The Labute approximate surface area is 148 Å². The highest BCUT2D eigenvalue weighted by atomic mass is 32.2. The first-order chi connectivity index (χ1) is 12.2. The summed E-state index contributed by atoms with van der Waals surface area (Å²) in [5.41, 5.74) is 1.88. The Morgan fingerprint density at radius 3 is 2.68 bits per heavy atom. The molecule has 3 heterocycles. The minimum Gasteiger partial charge on any atom is -0.461 e. The molecule has 0 N–H and O–H groups in total. The lowest BCUT2D eigenvalue weighted by Crippen LogP contribution is -1.94. The van der Waals surface area contributed by atoms with E-state index >= 15 is 0 Å². The maximum Gasteiger partial charge on any atom is 0.226 e. The molecule has 0 aliphatic heterocycles. The van der Waals surface area contributed by atoms with Crippen molar-refractivity contribution in [3.05, 3.63) is 60.2 Å². The minimum atomic E-state index is 0.642. The number of aromatic nitrogens is 4. The average molecular weight is 352 g/mol. The fourth-order valence-corrected chi connectivity index (χ4v) is 3.37. The van der Waals surface area contributed by atoms with Gasteiger partial charge >= 0.3 is 0 Å². The van der Waals surface area contributed by atoms with E-state index < -0.39 is 0 Å². The van der Waals surface area contributed by atoms with Gasteiger partial charge in [0.2, 0.25) is 5.89 Å². The number of hydrogen-bond acceptors (Lipinski definition) is 6. The number of nitrogens with zero attached hydrogens (tertiary/aromatic N) is 4. The first kappa shape index (κ1) is 15.7. The van der Waals surface area contributed by atoms with Crippen LogP contribution in [-0.2, 0) is 12.8 Å². The quantitative estimate of drug-likeness (QED) is 0.498. The van der Waals surface area contributed by atoms with Crippen molar-refractivity contribution in [3.63, 3.8) is 0 Å². The molecule has 0 unspecified atom stereocenters. The number of furan rings is 1. The summed E-state index contributed by atoms with van der Waals surface area (Å²) in [7, 11) is 1.92. The zero-order chi connectivity index (χ0) is 17.2. The Bertz CT molecular complexity index is 974. The van der Waals surface area contributed by atoms with Crippen LogP contribution in [0.2, 0.25) is 0 Å². The molecule has 0 atom stereocenters. The second-order valence-electron chi connectivity index (χ2n) is 5.52. The summed E-state index contributed by atoms with van der Waals surface area (Å²) in [6, 6.07) is 13.6. The van der Waals surface area contributed by atoms with Gasteiger partial charge in [0.15, 0.2) is 16.7 Å². The van der Waals surface area contributed by atoms with Crippen LogP contribution in [0.5, 0.6) is 0 Å². The monoisotopic (exact) mass is 352 g/mol. The van der Waals surface area contributed by atoms with Crippen LogP contribution in [0.4, 0.5) is 0 Å². The van der Waals surface area contributed by atoms with Crippen molar-refractivity contribution in [1.29, 1.82) is 0 Å². The molecule has 3 aromatic heterocycles. The van der Waals surface area contributed by atoms with E-state index in [1.807, 2.05) is 61.0 Å². The van der Waals surface area contributed by atoms with Crippen LogP contribution in [0.25, 0.3) is 23.0 Å². The van der Waals surface area contributed by atoms with Crippen molar-refractivity contribution in [3.8, 4) is 23.0 Å². The molecule has 6 nitrogen and oxygen atoms in total. The van der Waals surface area contributed by atoms with E-state index in [9.17, 15) is 0 Å². The van der Waals surface area contributed by atoms with Crippen molar-refractivity contribution >= 4 is 11.8 Å². The molecule has 1 aromatic carbocycles. The average Bonchev–Trinajstić information content (AvgIpc) is 3.35. The van der Waals surface area contributed by atoms with Gasteiger partial charge in [-0.25, -0.2) is 4.98 Å². The topological polar surface area (TPSA) is 69.9 Å². The number of benzene rings is 1. The van der Waals surface area contributed by atoms with Crippen molar-refractivity contribution < 1.29 is 8.83 Å². The van der Waals surface area contributed by atoms with Crippen LogP contribution in [-0.4, -0.2) is 19.7 Å². The van der Waals surface area contributed by atoms with E-state index in [1.54, 1.807) is 18.0 Å². The van der Waals surface area contributed by atoms with Crippen LogP contribution in [0.15, 0.2) is 62.7 Å². The smallest absolute Gasteiger partial charge is 0.226 e. The van der Waals surface area contributed by atoms with Crippen molar-refractivity contribution in [2.45, 2.75) is 17.8 Å². The minimum absolute atomic E-state index is 0.642. The third kappa shape index (κ3) is 3.10. The Kier molecular flexibility index (Phi) is 4.15. The summed E-state index contributed by atoms with van der Waals surface area (Å²) in [6.45, 7) is 1.93. The molecule has 4 aromatic rings. The standard InChI is InChI=1S/C18H16N4O2S/c1-12-14(19-17(24-12)13-7-4-3-5-8-13)11-25-18-21-20-16(22(18)2)15-9-6-10-23-15/h3-10H,11H2,1-2H3. The normalized spacial score (nSPS) is 11.1. The molecule has 0 saturated carbocycles. The van der Waals surface area contributed by atoms with Gasteiger partial charge in [-0.3, -0.25) is 0 Å². The molecule has 0 aliphatic carbocycles. The summed E-state index contributed by atoms with van der Waals surface area (Å²) in [5, 5.41) is 9.24. The summed E-state index contributed by atoms with van der Waals surface area (Å²) in [4.78, 5) is 4.62. The predicted octanol–water partition coefficient (Wildman–Crippen LogP) is 4.33. The summed E-state index contributed by atoms with van der Waals surface area (Å²) >= 11 is 1.57. The second-order valence-corrected chi connectivity index (χ2v) is 6.46. The third-order valence-corrected chi connectivity index (χ3v) is 4.86. The van der Waals surface area contributed by atoms with Gasteiger partial charge < -0.3 is 13.4 Å². The van der Waals surface area contributed by atoms with E-state index in [1.165, 1.54) is 0 Å². The van der Waals surface area contributed by atoms with Crippen LogP contribution in [0.1, 0.15) is 11.5 Å². The van der Waals surface area contributed by atoms with Gasteiger partial charge in [0.25, 0.3) is 0 Å². The number of thioether (sulfide) groups is 1. The highest BCUT2D eigenvalue weighted by Gasteiger charge is 2.16. The number of aryl methyl sites for hydroxylation is 1. The Balaban J connectivity index is 1.52. The molecule has 0 radical (unpaired) electrons. The van der Waals surface area contributed by atoms with Gasteiger partial charge in [-0.15, -0.1) is 10.2 Å². The number of oxazole rings is 1. The molecular formula is C18H16N4O2S. The highest BCUT2D eigenvalue weighted by molar-refractivity contribution is 7.98. The van der Waals surface area contributed by atoms with Gasteiger partial charge in [-0.05, 0) is 31.2 Å². The van der Waals surface area contributed by atoms with E-state index in [4.69, 9.17) is 8.83 Å². The van der Waals surface area contributed by atoms with E-state index in [2.05, 4.69) is 15.2 Å². The van der Waals surface area contributed by atoms with Crippen LogP contribution < -0.4 is 0 Å².